The van der Waals surface area contributed by atoms with E-state index in [2.05, 4.69) is 27.3 Å². The maximum Gasteiger partial charge on any atom is 0.166 e. The molecule has 0 aliphatic carbocycles. The van der Waals surface area contributed by atoms with Gasteiger partial charge in [0.1, 0.15) is 0 Å². The second kappa shape index (κ2) is 3.70. The van der Waals surface area contributed by atoms with Gasteiger partial charge in [0.05, 0.1) is 5.69 Å². The first-order chi connectivity index (χ1) is 6.40. The summed E-state index contributed by atoms with van der Waals surface area (Å²) in [4.78, 5) is 11.7. The van der Waals surface area contributed by atoms with E-state index in [9.17, 15) is 0 Å². The van der Waals surface area contributed by atoms with E-state index in [-0.39, 0.29) is 0 Å². The van der Waals surface area contributed by atoms with Crippen molar-refractivity contribution in [2.45, 2.75) is 19.8 Å². The van der Waals surface area contributed by atoms with E-state index in [4.69, 9.17) is 0 Å². The highest BCUT2D eigenvalue weighted by Gasteiger charge is 2.04. The van der Waals surface area contributed by atoms with Crippen molar-refractivity contribution in [3.63, 3.8) is 0 Å². The molecular weight excluding hydrogens is 182 g/mol. The average Bonchev–Trinajstić information content (AvgIpc) is 2.70. The van der Waals surface area contributed by atoms with Crippen LogP contribution >= 0.6 is 11.3 Å². The molecule has 2 rings (SSSR count). The van der Waals surface area contributed by atoms with Gasteiger partial charge in [-0.3, -0.25) is 0 Å². The lowest BCUT2D eigenvalue weighted by Gasteiger charge is -1.88. The van der Waals surface area contributed by atoms with Gasteiger partial charge >= 0.3 is 0 Å². The molecule has 0 aliphatic heterocycles. The summed E-state index contributed by atoms with van der Waals surface area (Å²) in [6.07, 6.45) is 5.75. The molecule has 0 amide bonds. The second-order valence-corrected chi connectivity index (χ2v) is 3.69. The van der Waals surface area contributed by atoms with Gasteiger partial charge in [-0.25, -0.2) is 9.97 Å². The smallest absolute Gasteiger partial charge is 0.166 e. The Hall–Kier alpha value is -1.16. The van der Waals surface area contributed by atoms with Crippen LogP contribution in [-0.4, -0.2) is 15.0 Å². The van der Waals surface area contributed by atoms with Crippen LogP contribution in [0.4, 0.5) is 0 Å². The van der Waals surface area contributed by atoms with Gasteiger partial charge in [-0.1, -0.05) is 13.3 Å². The molecule has 68 valence electrons. The zero-order valence-electron chi connectivity index (χ0n) is 7.45. The fourth-order valence-electron chi connectivity index (χ4n) is 1.17. The van der Waals surface area contributed by atoms with Crippen LogP contribution in [0.15, 0.2) is 17.8 Å². The summed E-state index contributed by atoms with van der Waals surface area (Å²) in [6, 6.07) is 0. The van der Waals surface area contributed by atoms with Gasteiger partial charge in [0.2, 0.25) is 0 Å². The van der Waals surface area contributed by atoms with Crippen molar-refractivity contribution >= 4 is 11.3 Å². The van der Waals surface area contributed by atoms with Crippen LogP contribution in [0.3, 0.4) is 0 Å². The van der Waals surface area contributed by atoms with E-state index in [0.29, 0.717) is 0 Å². The molecule has 2 aromatic heterocycles. The topological polar surface area (TPSA) is 41.6 Å². The largest absolute Gasteiger partial charge is 0.343 e. The highest BCUT2D eigenvalue weighted by molar-refractivity contribution is 7.13. The van der Waals surface area contributed by atoms with Gasteiger partial charge in [0, 0.05) is 17.8 Å². The molecule has 0 bridgehead atoms. The van der Waals surface area contributed by atoms with Crippen LogP contribution in [0.2, 0.25) is 0 Å². The molecule has 1 N–H and O–H groups in total. The van der Waals surface area contributed by atoms with Gasteiger partial charge in [0.25, 0.3) is 0 Å². The van der Waals surface area contributed by atoms with Crippen LogP contribution in [0, 0.1) is 0 Å². The number of H-pyrrole nitrogens is 1. The molecule has 3 nitrogen and oxygen atoms in total. The molecule has 0 atom stereocenters. The summed E-state index contributed by atoms with van der Waals surface area (Å²) in [5.41, 5.74) is 1.17. The first-order valence-corrected chi connectivity index (χ1v) is 5.22. The fraction of sp³-hybridized carbons (Fsp3) is 0.333. The molecule has 0 aromatic carbocycles. The Morgan fingerprint density at radius 1 is 1.54 bits per heavy atom. The van der Waals surface area contributed by atoms with E-state index < -0.39 is 0 Å². The zero-order chi connectivity index (χ0) is 9.10. The van der Waals surface area contributed by atoms with Crippen molar-refractivity contribution in [3.05, 3.63) is 23.5 Å². The van der Waals surface area contributed by atoms with E-state index in [1.165, 1.54) is 5.69 Å². The van der Waals surface area contributed by atoms with Crippen molar-refractivity contribution in [2.75, 3.05) is 0 Å². The summed E-state index contributed by atoms with van der Waals surface area (Å²) in [6.45, 7) is 2.16. The zero-order valence-corrected chi connectivity index (χ0v) is 8.27. The molecule has 0 radical (unpaired) electrons. The number of aromatic nitrogens is 3. The van der Waals surface area contributed by atoms with Crippen LogP contribution in [0.1, 0.15) is 19.0 Å². The highest BCUT2D eigenvalue weighted by atomic mass is 32.1. The lowest BCUT2D eigenvalue weighted by atomic mass is 10.3. The number of nitrogens with zero attached hydrogens (tertiary/aromatic N) is 2. The van der Waals surface area contributed by atoms with E-state index in [1.807, 2.05) is 6.20 Å². The Bertz CT molecular complexity index is 364. The molecule has 13 heavy (non-hydrogen) atoms. The summed E-state index contributed by atoms with van der Waals surface area (Å²) >= 11 is 1.64. The van der Waals surface area contributed by atoms with Crippen molar-refractivity contribution in [1.29, 1.82) is 0 Å². The van der Waals surface area contributed by atoms with Crippen molar-refractivity contribution in [2.24, 2.45) is 0 Å². The van der Waals surface area contributed by atoms with Crippen molar-refractivity contribution in [3.8, 4) is 10.8 Å². The Morgan fingerprint density at radius 3 is 3.15 bits per heavy atom. The Labute approximate surface area is 80.9 Å². The van der Waals surface area contributed by atoms with Gasteiger partial charge in [0.15, 0.2) is 10.8 Å². The molecular formula is C9H11N3S. The van der Waals surface area contributed by atoms with Crippen molar-refractivity contribution < 1.29 is 0 Å². The lowest BCUT2D eigenvalue weighted by Crippen LogP contribution is -1.83. The van der Waals surface area contributed by atoms with Gasteiger partial charge in [-0.05, 0) is 6.42 Å². The van der Waals surface area contributed by atoms with E-state index in [1.54, 1.807) is 17.5 Å². The lowest BCUT2D eigenvalue weighted by molar-refractivity contribution is 0.893. The maximum atomic E-state index is 4.47. The molecule has 0 spiro atoms. The summed E-state index contributed by atoms with van der Waals surface area (Å²) in [5.74, 6) is 0.868. The molecule has 2 aromatic rings. The summed E-state index contributed by atoms with van der Waals surface area (Å²) in [7, 11) is 0. The minimum absolute atomic E-state index is 0.868. The van der Waals surface area contributed by atoms with Gasteiger partial charge in [-0.15, -0.1) is 11.3 Å². The highest BCUT2D eigenvalue weighted by Crippen LogP contribution is 2.20. The van der Waals surface area contributed by atoms with Crippen LogP contribution in [0.25, 0.3) is 10.8 Å². The molecule has 0 saturated carbocycles. The minimum atomic E-state index is 0.868. The maximum absolute atomic E-state index is 4.47. The molecule has 2 heterocycles. The molecule has 0 aliphatic rings. The summed E-state index contributed by atoms with van der Waals surface area (Å²) in [5, 5.41) is 3.08. The average molecular weight is 193 g/mol. The molecule has 4 heteroatoms. The van der Waals surface area contributed by atoms with E-state index >= 15 is 0 Å². The first kappa shape index (κ1) is 8.44. The Balaban J connectivity index is 2.23. The van der Waals surface area contributed by atoms with Gasteiger partial charge in [-0.2, -0.15) is 0 Å². The Morgan fingerprint density at radius 2 is 2.46 bits per heavy atom. The fourth-order valence-corrected chi connectivity index (χ4v) is 1.98. The summed E-state index contributed by atoms with van der Waals surface area (Å²) < 4.78 is 0. The monoisotopic (exact) mass is 193 g/mol. The number of nitrogens with one attached hydrogen (secondary N) is 1. The quantitative estimate of drug-likeness (QED) is 0.813. The van der Waals surface area contributed by atoms with Crippen LogP contribution in [-0.2, 0) is 6.42 Å². The molecule has 0 unspecified atom stereocenters. The van der Waals surface area contributed by atoms with Gasteiger partial charge < -0.3 is 4.98 Å². The normalized spacial score (nSPS) is 10.5. The number of hydrogen-bond acceptors (Lipinski definition) is 3. The minimum Gasteiger partial charge on any atom is -0.343 e. The SMILES string of the molecule is CCCc1csc(-c2ncc[nH]2)n1. The molecule has 0 saturated heterocycles. The second-order valence-electron chi connectivity index (χ2n) is 2.83. The van der Waals surface area contributed by atoms with Crippen LogP contribution in [0.5, 0.6) is 0 Å². The third-order valence-corrected chi connectivity index (χ3v) is 2.66. The predicted octanol–water partition coefficient (Wildman–Crippen LogP) is 2.49. The number of aryl methyl sites for hydroxylation is 1. The van der Waals surface area contributed by atoms with Crippen LogP contribution < -0.4 is 0 Å². The molecule has 0 fully saturated rings. The number of hydrogen-bond donors (Lipinski definition) is 1. The van der Waals surface area contributed by atoms with E-state index in [0.717, 1.165) is 23.7 Å². The van der Waals surface area contributed by atoms with Crippen molar-refractivity contribution in [1.82, 2.24) is 15.0 Å². The predicted molar refractivity (Wildman–Crippen MR) is 53.7 cm³/mol. The standard InChI is InChI=1S/C9H11N3S/c1-2-3-7-6-13-9(12-7)8-10-4-5-11-8/h4-6H,2-3H2,1H3,(H,10,11). The third-order valence-electron chi connectivity index (χ3n) is 1.76. The number of imidazole rings is 1. The number of aromatic amines is 1. The number of rotatable bonds is 3. The Kier molecular flexibility index (Phi) is 2.40. The first-order valence-electron chi connectivity index (χ1n) is 4.34. The third kappa shape index (κ3) is 1.78. The number of thiazole rings is 1.